The molecule has 4 aliphatic rings. The molecule has 40 heavy (non-hydrogen) atoms. The van der Waals surface area contributed by atoms with E-state index in [9.17, 15) is 14.4 Å². The minimum Gasteiger partial charge on any atom is -0.399 e. The fourth-order valence-electron chi connectivity index (χ4n) is 6.76. The van der Waals surface area contributed by atoms with Gasteiger partial charge in [-0.1, -0.05) is 0 Å². The first-order valence-corrected chi connectivity index (χ1v) is 14.4. The third-order valence-electron chi connectivity index (χ3n) is 9.28. The topological polar surface area (TPSA) is 137 Å². The first kappa shape index (κ1) is 26.5. The SMILES string of the molecule is Nc1ccc(N2CCC(N3CCC4(CCN(c5cnc(C(=O)NC6CCC(=O)NC6=O)nc5)CC4)C3)CC2)cc1. The van der Waals surface area contributed by atoms with Crippen molar-refractivity contribution in [1.82, 2.24) is 25.5 Å². The first-order valence-electron chi connectivity index (χ1n) is 14.4. The number of nitrogens with two attached hydrogens (primary N) is 1. The van der Waals surface area contributed by atoms with E-state index in [4.69, 9.17) is 5.73 Å². The number of hydrogen-bond acceptors (Lipinski definition) is 9. The second-order valence-corrected chi connectivity index (χ2v) is 11.8. The number of hydrogen-bond donors (Lipinski definition) is 3. The summed E-state index contributed by atoms with van der Waals surface area (Å²) in [6.07, 6.45) is 9.83. The summed E-state index contributed by atoms with van der Waals surface area (Å²) >= 11 is 0. The molecule has 0 aliphatic carbocycles. The van der Waals surface area contributed by atoms with Crippen LogP contribution in [-0.2, 0) is 9.59 Å². The van der Waals surface area contributed by atoms with Gasteiger partial charge in [0.15, 0.2) is 0 Å². The fourth-order valence-corrected chi connectivity index (χ4v) is 6.76. The van der Waals surface area contributed by atoms with Crippen LogP contribution in [0.5, 0.6) is 0 Å². The van der Waals surface area contributed by atoms with Crippen LogP contribution in [0.15, 0.2) is 36.7 Å². The lowest BCUT2D eigenvalue weighted by Crippen LogP contribution is -2.52. The van der Waals surface area contributed by atoms with Crippen molar-refractivity contribution in [2.75, 3.05) is 54.8 Å². The molecule has 11 nitrogen and oxygen atoms in total. The Morgan fingerprint density at radius 2 is 1.55 bits per heavy atom. The standard InChI is InChI=1S/C29H38N8O3/c30-20-1-3-21(4-2-20)35-12-7-22(8-13-35)37-16-11-29(19-37)9-14-36(15-10-29)23-17-31-26(32-18-23)28(40)33-24-5-6-25(38)34-27(24)39/h1-4,17-18,22,24H,5-16,19,30H2,(H,33,40)(H,34,38,39). The Morgan fingerprint density at radius 3 is 2.23 bits per heavy atom. The summed E-state index contributed by atoms with van der Waals surface area (Å²) in [6.45, 7) is 6.46. The van der Waals surface area contributed by atoms with Crippen molar-refractivity contribution in [3.8, 4) is 0 Å². The van der Waals surface area contributed by atoms with Crippen molar-refractivity contribution in [2.45, 2.75) is 57.0 Å². The van der Waals surface area contributed by atoms with Crippen LogP contribution in [0.4, 0.5) is 17.1 Å². The highest BCUT2D eigenvalue weighted by atomic mass is 16.2. The Kier molecular flexibility index (Phi) is 7.31. The number of nitrogens with zero attached hydrogens (tertiary/aromatic N) is 5. The summed E-state index contributed by atoms with van der Waals surface area (Å²) in [5.74, 6) is -1.29. The number of imide groups is 1. The predicted octanol–water partition coefficient (Wildman–Crippen LogP) is 1.56. The van der Waals surface area contributed by atoms with Crippen LogP contribution < -0.4 is 26.2 Å². The van der Waals surface area contributed by atoms with Crippen molar-refractivity contribution in [3.63, 3.8) is 0 Å². The molecule has 1 atom stereocenters. The largest absolute Gasteiger partial charge is 0.399 e. The third-order valence-corrected chi connectivity index (χ3v) is 9.28. The number of carbonyl (C=O) groups excluding carboxylic acids is 3. The molecule has 0 radical (unpaired) electrons. The molecule has 1 aromatic carbocycles. The molecule has 3 amide bonds. The van der Waals surface area contributed by atoms with Gasteiger partial charge in [0.05, 0.1) is 18.1 Å². The second kappa shape index (κ2) is 11.0. The number of likely N-dealkylation sites (tertiary alicyclic amines) is 1. The molecule has 2 aromatic rings. The van der Waals surface area contributed by atoms with Gasteiger partial charge in [-0.2, -0.15) is 0 Å². The molecule has 212 valence electrons. The number of carbonyl (C=O) groups is 3. The average molecular weight is 547 g/mol. The Balaban J connectivity index is 0.972. The van der Waals surface area contributed by atoms with Gasteiger partial charge in [0.2, 0.25) is 17.6 Å². The highest BCUT2D eigenvalue weighted by molar-refractivity contribution is 6.03. The van der Waals surface area contributed by atoms with Crippen LogP contribution in [0, 0.1) is 5.41 Å². The van der Waals surface area contributed by atoms with Gasteiger partial charge >= 0.3 is 0 Å². The van der Waals surface area contributed by atoms with Crippen molar-refractivity contribution in [2.24, 2.45) is 5.41 Å². The lowest BCUT2D eigenvalue weighted by atomic mass is 9.77. The number of piperidine rings is 3. The number of amides is 3. The summed E-state index contributed by atoms with van der Waals surface area (Å²) in [5, 5.41) is 4.87. The molecule has 4 aliphatic heterocycles. The van der Waals surface area contributed by atoms with Crippen LogP contribution in [0.2, 0.25) is 0 Å². The number of nitrogens with one attached hydrogen (secondary N) is 2. The molecule has 1 spiro atoms. The van der Waals surface area contributed by atoms with Crippen LogP contribution in [-0.4, -0.2) is 83.9 Å². The van der Waals surface area contributed by atoms with Gasteiger partial charge in [-0.15, -0.1) is 0 Å². The quantitative estimate of drug-likeness (QED) is 0.377. The van der Waals surface area contributed by atoms with Crippen LogP contribution >= 0.6 is 0 Å². The van der Waals surface area contributed by atoms with Gasteiger partial charge in [-0.3, -0.25) is 24.6 Å². The lowest BCUT2D eigenvalue weighted by Gasteiger charge is -2.42. The first-order chi connectivity index (χ1) is 19.4. The maximum atomic E-state index is 12.5. The highest BCUT2D eigenvalue weighted by Crippen LogP contribution is 2.42. The lowest BCUT2D eigenvalue weighted by molar-refractivity contribution is -0.134. The fraction of sp³-hybridized carbons (Fsp3) is 0.552. The van der Waals surface area contributed by atoms with E-state index in [0.717, 1.165) is 50.4 Å². The molecule has 0 saturated carbocycles. The minimum atomic E-state index is -0.742. The van der Waals surface area contributed by atoms with Gasteiger partial charge in [0.25, 0.3) is 5.91 Å². The van der Waals surface area contributed by atoms with E-state index in [2.05, 4.69) is 47.4 Å². The Hall–Kier alpha value is -3.73. The summed E-state index contributed by atoms with van der Waals surface area (Å²) in [4.78, 5) is 51.8. The van der Waals surface area contributed by atoms with Crippen molar-refractivity contribution < 1.29 is 14.4 Å². The van der Waals surface area contributed by atoms with E-state index >= 15 is 0 Å². The van der Waals surface area contributed by atoms with Crippen LogP contribution in [0.25, 0.3) is 0 Å². The second-order valence-electron chi connectivity index (χ2n) is 11.8. The van der Waals surface area contributed by atoms with Gasteiger partial charge in [0, 0.05) is 56.6 Å². The maximum absolute atomic E-state index is 12.5. The van der Waals surface area contributed by atoms with Crippen molar-refractivity contribution in [3.05, 3.63) is 42.5 Å². The number of aromatic nitrogens is 2. The Labute approximate surface area is 234 Å². The third kappa shape index (κ3) is 5.60. The molecule has 1 aromatic heterocycles. The number of benzene rings is 1. The number of anilines is 3. The molecule has 11 heteroatoms. The van der Waals surface area contributed by atoms with Gasteiger partial charge in [-0.05, 0) is 74.8 Å². The summed E-state index contributed by atoms with van der Waals surface area (Å²) in [7, 11) is 0. The minimum absolute atomic E-state index is 0.0239. The van der Waals surface area contributed by atoms with Crippen molar-refractivity contribution >= 4 is 34.8 Å². The summed E-state index contributed by atoms with van der Waals surface area (Å²) in [5.41, 5.74) is 9.23. The summed E-state index contributed by atoms with van der Waals surface area (Å²) < 4.78 is 0. The maximum Gasteiger partial charge on any atom is 0.289 e. The molecular formula is C29H38N8O3. The smallest absolute Gasteiger partial charge is 0.289 e. The molecule has 4 fully saturated rings. The monoisotopic (exact) mass is 546 g/mol. The zero-order chi connectivity index (χ0) is 27.7. The number of nitrogen functional groups attached to an aromatic ring is 1. The van der Waals surface area contributed by atoms with E-state index in [-0.39, 0.29) is 24.6 Å². The van der Waals surface area contributed by atoms with E-state index in [1.165, 1.54) is 38.0 Å². The average Bonchev–Trinajstić information content (AvgIpc) is 3.39. The summed E-state index contributed by atoms with van der Waals surface area (Å²) in [6, 6.07) is 8.15. The Morgan fingerprint density at radius 1 is 0.900 bits per heavy atom. The van der Waals surface area contributed by atoms with Gasteiger partial charge < -0.3 is 20.9 Å². The van der Waals surface area contributed by atoms with E-state index < -0.39 is 17.9 Å². The zero-order valence-corrected chi connectivity index (χ0v) is 22.8. The molecule has 0 bridgehead atoms. The van der Waals surface area contributed by atoms with Crippen LogP contribution in [0.3, 0.4) is 0 Å². The molecule has 4 N–H and O–H groups in total. The zero-order valence-electron chi connectivity index (χ0n) is 22.8. The molecule has 4 saturated heterocycles. The van der Waals surface area contributed by atoms with E-state index in [0.29, 0.717) is 11.5 Å². The predicted molar refractivity (Wildman–Crippen MR) is 152 cm³/mol. The molecule has 1 unspecified atom stereocenters. The molecule has 6 rings (SSSR count). The normalized spacial score (nSPS) is 23.9. The van der Waals surface area contributed by atoms with Gasteiger partial charge in [-0.25, -0.2) is 9.97 Å². The van der Waals surface area contributed by atoms with E-state index in [1.54, 1.807) is 12.4 Å². The molecule has 5 heterocycles. The Bertz CT molecular complexity index is 1230. The van der Waals surface area contributed by atoms with Crippen molar-refractivity contribution in [1.29, 1.82) is 0 Å². The number of rotatable bonds is 5. The molecular weight excluding hydrogens is 508 g/mol. The van der Waals surface area contributed by atoms with E-state index in [1.807, 2.05) is 12.1 Å². The highest BCUT2D eigenvalue weighted by Gasteiger charge is 2.43. The van der Waals surface area contributed by atoms with Crippen LogP contribution in [0.1, 0.15) is 55.6 Å². The van der Waals surface area contributed by atoms with Gasteiger partial charge in [0.1, 0.15) is 6.04 Å².